The molecule has 3 atom stereocenters. The fourth-order valence-corrected chi connectivity index (χ4v) is 5.74. The van der Waals surface area contributed by atoms with Crippen molar-refractivity contribution >= 4 is 50.9 Å². The first-order chi connectivity index (χ1) is 16.9. The Labute approximate surface area is 212 Å². The second-order valence-corrected chi connectivity index (χ2v) is 11.1. The molecule has 0 radical (unpaired) electrons. The van der Waals surface area contributed by atoms with E-state index >= 15 is 0 Å². The van der Waals surface area contributed by atoms with Crippen molar-refractivity contribution in [3.63, 3.8) is 0 Å². The minimum atomic E-state index is -0.706. The standard InChI is InChI=1S/C25H30N4O4S2/c1-14(2)12-17(24-28-29-25(33-24)34-3)22(31)27-21(30)16-9-5-6-10-18(16)26-23(32)20-13-15-8-4-7-11-19(15)35-20/h4,7-8,11,13-14,16-18H,5-6,9-10,12H2,1-3H3,(H,26,32)(H,27,30,31)/t16-,17-,18+/m1/s1. The molecule has 1 aromatic carbocycles. The molecule has 2 N–H and O–H groups in total. The van der Waals surface area contributed by atoms with E-state index in [1.165, 1.54) is 23.1 Å². The molecular weight excluding hydrogens is 484 g/mol. The number of hydrogen-bond donors (Lipinski definition) is 2. The number of thioether (sulfide) groups is 1. The summed E-state index contributed by atoms with van der Waals surface area (Å²) < 4.78 is 6.65. The van der Waals surface area contributed by atoms with Crippen LogP contribution in [0.1, 0.15) is 67.4 Å². The number of nitrogens with one attached hydrogen (secondary N) is 2. The third kappa shape index (κ3) is 6.10. The average molecular weight is 515 g/mol. The second kappa shape index (κ2) is 11.3. The van der Waals surface area contributed by atoms with Gasteiger partial charge in [-0.15, -0.1) is 21.5 Å². The fourth-order valence-electron chi connectivity index (χ4n) is 4.49. The molecule has 1 saturated carbocycles. The molecule has 2 heterocycles. The van der Waals surface area contributed by atoms with E-state index in [0.717, 1.165) is 22.9 Å². The van der Waals surface area contributed by atoms with Gasteiger partial charge >= 0.3 is 0 Å². The van der Waals surface area contributed by atoms with Gasteiger partial charge in [0.2, 0.25) is 17.7 Å². The summed E-state index contributed by atoms with van der Waals surface area (Å²) >= 11 is 2.73. The van der Waals surface area contributed by atoms with Crippen molar-refractivity contribution in [2.24, 2.45) is 11.8 Å². The van der Waals surface area contributed by atoms with Crippen LogP contribution in [0, 0.1) is 11.8 Å². The Morgan fingerprint density at radius 3 is 2.66 bits per heavy atom. The summed E-state index contributed by atoms with van der Waals surface area (Å²) in [6, 6.07) is 9.40. The van der Waals surface area contributed by atoms with Gasteiger partial charge in [0.05, 0.1) is 10.8 Å². The summed E-state index contributed by atoms with van der Waals surface area (Å²) in [6.07, 6.45) is 5.39. The third-order valence-corrected chi connectivity index (χ3v) is 7.86. The molecule has 3 aromatic rings. The normalized spacial score (nSPS) is 19.0. The Bertz CT molecular complexity index is 1170. The average Bonchev–Trinajstić information content (AvgIpc) is 3.50. The number of carbonyl (C=O) groups is 3. The summed E-state index contributed by atoms with van der Waals surface area (Å²) in [5.74, 6) is -1.77. The van der Waals surface area contributed by atoms with E-state index < -0.39 is 17.7 Å². The smallest absolute Gasteiger partial charge is 0.276 e. The van der Waals surface area contributed by atoms with Crippen molar-refractivity contribution in [1.29, 1.82) is 0 Å². The molecule has 8 nitrogen and oxygen atoms in total. The number of aromatic nitrogens is 2. The topological polar surface area (TPSA) is 114 Å². The molecular formula is C25H30N4O4S2. The van der Waals surface area contributed by atoms with E-state index in [2.05, 4.69) is 20.8 Å². The van der Waals surface area contributed by atoms with E-state index in [-0.39, 0.29) is 29.7 Å². The molecule has 0 aliphatic heterocycles. The van der Waals surface area contributed by atoms with E-state index in [4.69, 9.17) is 4.42 Å². The lowest BCUT2D eigenvalue weighted by Crippen LogP contribution is -2.50. The summed E-state index contributed by atoms with van der Waals surface area (Å²) in [5.41, 5.74) is 0. The van der Waals surface area contributed by atoms with Gasteiger partial charge in [0, 0.05) is 10.7 Å². The molecule has 4 rings (SSSR count). The van der Waals surface area contributed by atoms with Crippen LogP contribution in [-0.2, 0) is 9.59 Å². The Balaban J connectivity index is 1.45. The Hall–Kier alpha value is -2.72. The number of imide groups is 1. The van der Waals surface area contributed by atoms with Gasteiger partial charge < -0.3 is 9.73 Å². The Morgan fingerprint density at radius 1 is 1.17 bits per heavy atom. The van der Waals surface area contributed by atoms with Gasteiger partial charge in [-0.05, 0) is 49.0 Å². The van der Waals surface area contributed by atoms with E-state index in [1.807, 2.05) is 50.4 Å². The number of nitrogens with zero attached hydrogens (tertiary/aromatic N) is 2. The number of fused-ring (bicyclic) bond motifs is 1. The first kappa shape index (κ1) is 25.4. The van der Waals surface area contributed by atoms with Gasteiger partial charge in [-0.3, -0.25) is 19.7 Å². The number of amides is 3. The first-order valence-electron chi connectivity index (χ1n) is 11.9. The number of carbonyl (C=O) groups excluding carboxylic acids is 3. The molecule has 186 valence electrons. The van der Waals surface area contributed by atoms with E-state index in [9.17, 15) is 14.4 Å². The maximum absolute atomic E-state index is 13.2. The van der Waals surface area contributed by atoms with Gasteiger partial charge in [0.15, 0.2) is 0 Å². The maximum atomic E-state index is 13.2. The zero-order valence-corrected chi connectivity index (χ0v) is 21.7. The number of rotatable bonds is 8. The van der Waals surface area contributed by atoms with Crippen molar-refractivity contribution in [2.45, 2.75) is 63.1 Å². The van der Waals surface area contributed by atoms with E-state index in [1.54, 1.807) is 0 Å². The highest BCUT2D eigenvalue weighted by Gasteiger charge is 2.36. The number of thiophene rings is 1. The maximum Gasteiger partial charge on any atom is 0.276 e. The lowest BCUT2D eigenvalue weighted by Gasteiger charge is -2.31. The highest BCUT2D eigenvalue weighted by atomic mass is 32.2. The Kier molecular flexibility index (Phi) is 8.22. The molecule has 1 aliphatic carbocycles. The van der Waals surface area contributed by atoms with Crippen LogP contribution in [0.2, 0.25) is 0 Å². The molecule has 1 fully saturated rings. The van der Waals surface area contributed by atoms with Crippen molar-refractivity contribution in [2.75, 3.05) is 6.26 Å². The molecule has 0 bridgehead atoms. The monoisotopic (exact) mass is 514 g/mol. The van der Waals surface area contributed by atoms with Crippen LogP contribution in [0.4, 0.5) is 0 Å². The van der Waals surface area contributed by atoms with Crippen LogP contribution >= 0.6 is 23.1 Å². The van der Waals surface area contributed by atoms with Crippen LogP contribution in [0.15, 0.2) is 40.0 Å². The molecule has 3 amide bonds. The molecule has 10 heteroatoms. The van der Waals surface area contributed by atoms with Crippen LogP contribution in [0.25, 0.3) is 10.1 Å². The van der Waals surface area contributed by atoms with Crippen molar-refractivity contribution in [1.82, 2.24) is 20.8 Å². The van der Waals surface area contributed by atoms with Gasteiger partial charge in [-0.1, -0.05) is 56.7 Å². The van der Waals surface area contributed by atoms with Crippen LogP contribution in [0.5, 0.6) is 0 Å². The highest BCUT2D eigenvalue weighted by Crippen LogP contribution is 2.29. The minimum Gasteiger partial charge on any atom is -0.415 e. The lowest BCUT2D eigenvalue weighted by molar-refractivity contribution is -0.135. The molecule has 0 unspecified atom stereocenters. The van der Waals surface area contributed by atoms with Crippen LogP contribution in [0.3, 0.4) is 0 Å². The van der Waals surface area contributed by atoms with Crippen molar-refractivity contribution in [3.05, 3.63) is 41.1 Å². The molecule has 0 saturated heterocycles. The molecule has 1 aliphatic rings. The Morgan fingerprint density at radius 2 is 1.94 bits per heavy atom. The summed E-state index contributed by atoms with van der Waals surface area (Å²) in [7, 11) is 0. The van der Waals surface area contributed by atoms with Crippen LogP contribution < -0.4 is 10.6 Å². The van der Waals surface area contributed by atoms with Crippen molar-refractivity contribution < 1.29 is 18.8 Å². The zero-order valence-electron chi connectivity index (χ0n) is 20.1. The third-order valence-electron chi connectivity index (χ3n) is 6.23. The minimum absolute atomic E-state index is 0.185. The summed E-state index contributed by atoms with van der Waals surface area (Å²) in [5, 5.41) is 15.0. The highest BCUT2D eigenvalue weighted by molar-refractivity contribution is 7.98. The first-order valence-corrected chi connectivity index (χ1v) is 13.9. The number of benzene rings is 1. The molecule has 0 spiro atoms. The van der Waals surface area contributed by atoms with Gasteiger partial charge in [-0.25, -0.2) is 0 Å². The van der Waals surface area contributed by atoms with Gasteiger partial charge in [0.1, 0.15) is 5.92 Å². The molecule has 35 heavy (non-hydrogen) atoms. The van der Waals surface area contributed by atoms with Gasteiger partial charge in [-0.2, -0.15) is 0 Å². The summed E-state index contributed by atoms with van der Waals surface area (Å²) in [6.45, 7) is 3.99. The second-order valence-electron chi connectivity index (χ2n) is 9.27. The number of hydrogen-bond acceptors (Lipinski definition) is 8. The quantitative estimate of drug-likeness (QED) is 0.416. The predicted molar refractivity (Wildman–Crippen MR) is 136 cm³/mol. The summed E-state index contributed by atoms with van der Waals surface area (Å²) in [4.78, 5) is 39.9. The van der Waals surface area contributed by atoms with Crippen LogP contribution in [-0.4, -0.2) is 40.2 Å². The SMILES string of the molecule is CSc1nnc([C@H](CC(C)C)C(=O)NC(=O)[C@@H]2CCCC[C@@H]2NC(=O)c2cc3ccccc3s2)o1. The largest absolute Gasteiger partial charge is 0.415 e. The molecule has 2 aromatic heterocycles. The lowest BCUT2D eigenvalue weighted by atomic mass is 9.83. The van der Waals surface area contributed by atoms with Crippen molar-refractivity contribution in [3.8, 4) is 0 Å². The fraction of sp³-hybridized carbons (Fsp3) is 0.480. The van der Waals surface area contributed by atoms with E-state index in [0.29, 0.717) is 29.4 Å². The van der Waals surface area contributed by atoms with Gasteiger partial charge in [0.25, 0.3) is 11.1 Å². The predicted octanol–water partition coefficient (Wildman–Crippen LogP) is 4.77. The zero-order chi connectivity index (χ0) is 24.9.